The van der Waals surface area contributed by atoms with Crippen LogP contribution in [-0.4, -0.2) is 35.1 Å². The maximum atomic E-state index is 13.2. The summed E-state index contributed by atoms with van der Waals surface area (Å²) in [6.07, 6.45) is 0. The molecule has 0 aliphatic carbocycles. The minimum absolute atomic E-state index is 0.0171. The molecule has 6 nitrogen and oxygen atoms in total. The second-order valence-electron chi connectivity index (χ2n) is 11.6. The Hall–Kier alpha value is -1.81. The van der Waals surface area contributed by atoms with Crippen LogP contribution in [0.4, 0.5) is 5.69 Å². The number of hydrogen-bond donors (Lipinski definition) is 1. The lowest BCUT2D eigenvalue weighted by molar-refractivity contribution is 0.00578. The van der Waals surface area contributed by atoms with E-state index in [-0.39, 0.29) is 9.93 Å². The molecule has 1 fully saturated rings. The van der Waals surface area contributed by atoms with Crippen molar-refractivity contribution in [3.8, 4) is 5.75 Å². The fraction of sp³-hybridized carbons (Fsp3) is 0.520. The average molecular weight is 504 g/mol. The summed E-state index contributed by atoms with van der Waals surface area (Å²) in [5.41, 5.74) is 0.846. The van der Waals surface area contributed by atoms with Crippen LogP contribution in [0.2, 0.25) is 18.1 Å². The molecule has 0 spiro atoms. The molecule has 34 heavy (non-hydrogen) atoms. The first-order valence-corrected chi connectivity index (χ1v) is 16.0. The van der Waals surface area contributed by atoms with E-state index in [1.54, 1.807) is 30.3 Å². The normalized spacial score (nSPS) is 18.1. The molecule has 2 aromatic rings. The SMILES string of the molecule is Cc1ccc(S(=O)(=O)Nc2ccc(O[Si](C)(C)C(C)(C)C)cc2B2OC(C)(C)C(C)(C)O2)cc1. The smallest absolute Gasteiger partial charge is 0.497 e. The summed E-state index contributed by atoms with van der Waals surface area (Å²) in [4.78, 5) is 0.194. The van der Waals surface area contributed by atoms with Gasteiger partial charge >= 0.3 is 7.12 Å². The van der Waals surface area contributed by atoms with Gasteiger partial charge in [0.25, 0.3) is 10.0 Å². The highest BCUT2D eigenvalue weighted by Crippen LogP contribution is 2.39. The number of aryl methyl sites for hydroxylation is 1. The van der Waals surface area contributed by atoms with Gasteiger partial charge in [-0.25, -0.2) is 8.42 Å². The van der Waals surface area contributed by atoms with Gasteiger partial charge in [-0.05, 0) is 83.1 Å². The van der Waals surface area contributed by atoms with Crippen molar-refractivity contribution in [1.82, 2.24) is 0 Å². The molecule has 1 saturated heterocycles. The largest absolute Gasteiger partial charge is 0.544 e. The van der Waals surface area contributed by atoms with E-state index in [1.807, 2.05) is 46.8 Å². The zero-order valence-corrected chi connectivity index (χ0v) is 23.9. The van der Waals surface area contributed by atoms with E-state index in [2.05, 4.69) is 38.6 Å². The van der Waals surface area contributed by atoms with Gasteiger partial charge in [0.15, 0.2) is 0 Å². The molecule has 0 bridgehead atoms. The maximum absolute atomic E-state index is 13.2. The lowest BCUT2D eigenvalue weighted by Gasteiger charge is -2.36. The molecule has 0 radical (unpaired) electrons. The number of hydrogen-bond acceptors (Lipinski definition) is 5. The Kier molecular flexibility index (Phi) is 6.85. The third kappa shape index (κ3) is 5.37. The highest BCUT2D eigenvalue weighted by Gasteiger charge is 2.52. The third-order valence-electron chi connectivity index (χ3n) is 7.29. The Morgan fingerprint density at radius 3 is 1.97 bits per heavy atom. The fourth-order valence-electron chi connectivity index (χ4n) is 3.23. The molecule has 0 unspecified atom stereocenters. The van der Waals surface area contributed by atoms with Crippen molar-refractivity contribution in [1.29, 1.82) is 0 Å². The fourth-order valence-corrected chi connectivity index (χ4v) is 5.34. The predicted octanol–water partition coefficient (Wildman–Crippen LogP) is 5.48. The van der Waals surface area contributed by atoms with Crippen molar-refractivity contribution in [2.75, 3.05) is 4.72 Å². The van der Waals surface area contributed by atoms with E-state index in [1.165, 1.54) is 0 Å². The van der Waals surface area contributed by atoms with Crippen molar-refractivity contribution >= 4 is 36.6 Å². The van der Waals surface area contributed by atoms with E-state index in [4.69, 9.17) is 13.7 Å². The quantitative estimate of drug-likeness (QED) is 0.529. The van der Waals surface area contributed by atoms with Crippen LogP contribution in [0.5, 0.6) is 5.75 Å². The van der Waals surface area contributed by atoms with Crippen molar-refractivity contribution in [2.45, 2.75) is 89.6 Å². The zero-order valence-electron chi connectivity index (χ0n) is 22.1. The highest BCUT2D eigenvalue weighted by molar-refractivity contribution is 7.92. The topological polar surface area (TPSA) is 73.9 Å². The van der Waals surface area contributed by atoms with E-state index in [0.717, 1.165) is 5.56 Å². The van der Waals surface area contributed by atoms with Gasteiger partial charge in [0.2, 0.25) is 8.32 Å². The van der Waals surface area contributed by atoms with Gasteiger partial charge in [0.1, 0.15) is 5.75 Å². The Labute approximate surface area is 206 Å². The molecule has 186 valence electrons. The van der Waals surface area contributed by atoms with Crippen LogP contribution in [0.3, 0.4) is 0 Å². The summed E-state index contributed by atoms with van der Waals surface area (Å²) in [6, 6.07) is 12.1. The third-order valence-corrected chi connectivity index (χ3v) is 13.0. The first-order chi connectivity index (χ1) is 15.3. The molecular formula is C25H38BNO5SSi. The van der Waals surface area contributed by atoms with Crippen molar-refractivity contribution in [3.63, 3.8) is 0 Å². The minimum Gasteiger partial charge on any atom is -0.544 e. The Bertz CT molecular complexity index is 1140. The summed E-state index contributed by atoms with van der Waals surface area (Å²) in [5, 5.41) is 0.0171. The standard InChI is InChI=1S/C25H38BNO5SSi/c1-18-11-14-20(15-12-18)33(28,29)27-22-16-13-19(30-34(9,10)23(2,3)4)17-21(22)26-31-24(5,6)25(7,8)32-26/h11-17,27H,1-10H3. The molecule has 2 aromatic carbocycles. The van der Waals surface area contributed by atoms with E-state index in [9.17, 15) is 8.42 Å². The first-order valence-electron chi connectivity index (χ1n) is 11.6. The second kappa shape index (κ2) is 8.69. The van der Waals surface area contributed by atoms with Gasteiger partial charge in [-0.1, -0.05) is 38.5 Å². The zero-order chi connectivity index (χ0) is 25.7. The summed E-state index contributed by atoms with van der Waals surface area (Å²) in [7, 11) is -6.66. The molecule has 1 heterocycles. The Morgan fingerprint density at radius 2 is 1.47 bits per heavy atom. The molecular weight excluding hydrogens is 465 g/mol. The van der Waals surface area contributed by atoms with Gasteiger partial charge in [0, 0.05) is 11.2 Å². The highest BCUT2D eigenvalue weighted by atomic mass is 32.2. The van der Waals surface area contributed by atoms with Gasteiger partial charge in [-0.3, -0.25) is 4.72 Å². The van der Waals surface area contributed by atoms with Crippen LogP contribution >= 0.6 is 0 Å². The second-order valence-corrected chi connectivity index (χ2v) is 18.0. The predicted molar refractivity (Wildman–Crippen MR) is 142 cm³/mol. The van der Waals surface area contributed by atoms with E-state index in [0.29, 0.717) is 16.9 Å². The number of nitrogens with one attached hydrogen (secondary N) is 1. The van der Waals surface area contributed by atoms with Crippen molar-refractivity contribution < 1.29 is 22.2 Å². The molecule has 1 aliphatic rings. The summed E-state index contributed by atoms with van der Waals surface area (Å²) in [5.74, 6) is 0.676. The van der Waals surface area contributed by atoms with Crippen molar-refractivity contribution in [3.05, 3.63) is 48.0 Å². The van der Waals surface area contributed by atoms with Crippen molar-refractivity contribution in [2.24, 2.45) is 0 Å². The molecule has 3 rings (SSSR count). The summed E-state index contributed by atoms with van der Waals surface area (Å²) < 4.78 is 48.1. The van der Waals surface area contributed by atoms with E-state index >= 15 is 0 Å². The van der Waals surface area contributed by atoms with E-state index < -0.39 is 36.7 Å². The number of anilines is 1. The molecule has 0 amide bonds. The molecule has 9 heteroatoms. The number of sulfonamides is 1. The maximum Gasteiger partial charge on any atom is 0.497 e. The monoisotopic (exact) mass is 503 g/mol. The van der Waals surface area contributed by atoms with Crippen LogP contribution in [0, 0.1) is 6.92 Å². The van der Waals surface area contributed by atoms with Crippen LogP contribution in [0.15, 0.2) is 47.4 Å². The molecule has 0 saturated carbocycles. The van der Waals surface area contributed by atoms with Gasteiger partial charge in [-0.2, -0.15) is 0 Å². The van der Waals surface area contributed by atoms with Gasteiger partial charge in [0.05, 0.1) is 16.1 Å². The van der Waals surface area contributed by atoms with Crippen LogP contribution in [0.1, 0.15) is 54.0 Å². The van der Waals surface area contributed by atoms with Gasteiger partial charge in [-0.15, -0.1) is 0 Å². The van der Waals surface area contributed by atoms with Crippen LogP contribution in [0.25, 0.3) is 0 Å². The minimum atomic E-state index is -3.80. The molecule has 1 N–H and O–H groups in total. The number of benzene rings is 2. The molecule has 0 aromatic heterocycles. The van der Waals surface area contributed by atoms with Crippen LogP contribution in [-0.2, 0) is 19.3 Å². The lowest BCUT2D eigenvalue weighted by Crippen LogP contribution is -2.44. The summed E-state index contributed by atoms with van der Waals surface area (Å²) >= 11 is 0. The van der Waals surface area contributed by atoms with Gasteiger partial charge < -0.3 is 13.7 Å². The first kappa shape index (κ1) is 26.8. The average Bonchev–Trinajstić information content (AvgIpc) is 2.89. The Morgan fingerprint density at radius 1 is 0.941 bits per heavy atom. The van der Waals surface area contributed by atoms with Crippen LogP contribution < -0.4 is 14.6 Å². The Balaban J connectivity index is 2.04. The molecule has 0 atom stereocenters. The molecule has 1 aliphatic heterocycles. The summed E-state index contributed by atoms with van der Waals surface area (Å²) in [6.45, 7) is 20.7. The number of rotatable bonds is 6. The lowest BCUT2D eigenvalue weighted by atomic mass is 9.78.